The van der Waals surface area contributed by atoms with Crippen LogP contribution in [-0.4, -0.2) is 5.78 Å². The summed E-state index contributed by atoms with van der Waals surface area (Å²) in [5.74, 6) is 5.71. The lowest BCUT2D eigenvalue weighted by molar-refractivity contribution is -0.167. The number of allylic oxidation sites excluding steroid dienone is 2. The van der Waals surface area contributed by atoms with Crippen molar-refractivity contribution >= 4 is 5.78 Å². The van der Waals surface area contributed by atoms with Crippen molar-refractivity contribution < 1.29 is 4.79 Å². The van der Waals surface area contributed by atoms with E-state index < -0.39 is 0 Å². The highest BCUT2D eigenvalue weighted by Gasteiger charge is 2.65. The Labute approximate surface area is 179 Å². The lowest BCUT2D eigenvalue weighted by Gasteiger charge is -2.69. The second-order valence-electron chi connectivity index (χ2n) is 12.8. The van der Waals surface area contributed by atoms with Crippen molar-refractivity contribution in [2.24, 2.45) is 57.7 Å². The van der Waals surface area contributed by atoms with Gasteiger partial charge in [-0.1, -0.05) is 59.6 Å². The zero-order valence-corrected chi connectivity index (χ0v) is 19.9. The van der Waals surface area contributed by atoms with E-state index in [1.54, 1.807) is 0 Å². The molecular formula is C28H44O. The van der Waals surface area contributed by atoms with Gasteiger partial charge in [-0.3, -0.25) is 4.79 Å². The fourth-order valence-electron chi connectivity index (χ4n) is 9.93. The minimum absolute atomic E-state index is 0.284. The molecule has 0 radical (unpaired) electrons. The molecule has 0 aliphatic heterocycles. The van der Waals surface area contributed by atoms with E-state index >= 15 is 0 Å². The van der Waals surface area contributed by atoms with Crippen LogP contribution >= 0.6 is 0 Å². The molecule has 0 amide bonds. The average molecular weight is 397 g/mol. The van der Waals surface area contributed by atoms with Crippen LogP contribution in [0.3, 0.4) is 0 Å². The summed E-state index contributed by atoms with van der Waals surface area (Å²) in [5, 5.41) is 0. The first-order valence-electron chi connectivity index (χ1n) is 12.9. The maximum absolute atomic E-state index is 12.5. The normalized spacial score (nSPS) is 57.1. The summed E-state index contributed by atoms with van der Waals surface area (Å²) in [6.07, 6.45) is 14.4. The highest BCUT2D eigenvalue weighted by molar-refractivity contribution is 5.82. The topological polar surface area (TPSA) is 17.1 Å². The molecule has 0 N–H and O–H groups in total. The number of carbonyl (C=O) groups is 1. The lowest BCUT2D eigenvalue weighted by atomic mass is 9.35. The fourth-order valence-corrected chi connectivity index (χ4v) is 9.93. The molecule has 0 heterocycles. The summed E-state index contributed by atoms with van der Waals surface area (Å²) in [5.41, 5.74) is 3.02. The van der Waals surface area contributed by atoms with Gasteiger partial charge >= 0.3 is 0 Å². The molecule has 10 atom stereocenters. The second kappa shape index (κ2) is 6.46. The lowest BCUT2D eigenvalue weighted by Crippen LogP contribution is -2.62. The summed E-state index contributed by atoms with van der Waals surface area (Å²) in [7, 11) is 0. The Bertz CT molecular complexity index is 733. The van der Waals surface area contributed by atoms with E-state index in [4.69, 9.17) is 0 Å². The summed E-state index contributed by atoms with van der Waals surface area (Å²) in [6, 6.07) is 0. The average Bonchev–Trinajstić information content (AvgIpc) is 2.68. The predicted molar refractivity (Wildman–Crippen MR) is 120 cm³/mol. The number of Topliss-reactive ketones (excluding diaryl/α,β-unsaturated/α-hetero) is 1. The highest BCUT2D eigenvalue weighted by Crippen LogP contribution is 2.73. The van der Waals surface area contributed by atoms with E-state index in [0.29, 0.717) is 27.9 Å². The molecule has 4 fully saturated rings. The van der Waals surface area contributed by atoms with Crippen molar-refractivity contribution in [1.29, 1.82) is 0 Å². The van der Waals surface area contributed by atoms with Gasteiger partial charge in [-0.25, -0.2) is 0 Å². The van der Waals surface area contributed by atoms with Crippen LogP contribution in [0.4, 0.5) is 0 Å². The van der Waals surface area contributed by atoms with Crippen LogP contribution in [-0.2, 0) is 4.79 Å². The molecule has 5 rings (SSSR count). The van der Waals surface area contributed by atoms with E-state index in [-0.39, 0.29) is 5.92 Å². The third kappa shape index (κ3) is 2.48. The first-order valence-corrected chi connectivity index (χ1v) is 12.9. The third-order valence-electron chi connectivity index (χ3n) is 12.2. The van der Waals surface area contributed by atoms with Crippen LogP contribution in [0.1, 0.15) is 99.3 Å². The molecule has 0 bridgehead atoms. The number of ketones is 1. The van der Waals surface area contributed by atoms with Gasteiger partial charge < -0.3 is 0 Å². The standard InChI is InChI=1S/C28H44O/c1-17-7-8-20-11-15-27(5)22(25(20)18(17)2)9-10-24-26(4)14-13-23(29)19(3)21(26)12-16-28(24,27)6/h9,17-21,24-25H,7-8,10-16H2,1-6H3/t17-,18+,19-,20?,21?,24?,25?,26+,27-,28-/m1/s1. The van der Waals surface area contributed by atoms with Gasteiger partial charge in [-0.15, -0.1) is 0 Å². The number of rotatable bonds is 0. The molecule has 4 unspecified atom stereocenters. The van der Waals surface area contributed by atoms with Gasteiger partial charge in [0.25, 0.3) is 0 Å². The van der Waals surface area contributed by atoms with Crippen molar-refractivity contribution in [2.75, 3.05) is 0 Å². The predicted octanol–water partition coefficient (Wildman–Crippen LogP) is 7.45. The number of hydrogen-bond donors (Lipinski definition) is 0. The van der Waals surface area contributed by atoms with Crippen molar-refractivity contribution in [3.63, 3.8) is 0 Å². The smallest absolute Gasteiger partial charge is 0.136 e. The quantitative estimate of drug-likeness (QED) is 0.388. The molecule has 1 nitrogen and oxygen atoms in total. The summed E-state index contributed by atoms with van der Waals surface area (Å²) >= 11 is 0. The molecular weight excluding hydrogens is 352 g/mol. The zero-order valence-electron chi connectivity index (χ0n) is 19.9. The molecule has 29 heavy (non-hydrogen) atoms. The second-order valence-corrected chi connectivity index (χ2v) is 12.8. The van der Waals surface area contributed by atoms with E-state index in [1.807, 2.05) is 5.57 Å². The largest absolute Gasteiger partial charge is 0.299 e. The molecule has 5 aliphatic rings. The summed E-state index contributed by atoms with van der Waals surface area (Å²) in [4.78, 5) is 12.5. The number of carbonyl (C=O) groups excluding carboxylic acids is 1. The van der Waals surface area contributed by atoms with Crippen LogP contribution in [0.5, 0.6) is 0 Å². The van der Waals surface area contributed by atoms with Gasteiger partial charge in [0.1, 0.15) is 5.78 Å². The molecule has 0 aromatic heterocycles. The third-order valence-corrected chi connectivity index (χ3v) is 12.2. The first kappa shape index (κ1) is 20.3. The molecule has 1 heteroatoms. The van der Waals surface area contributed by atoms with Crippen molar-refractivity contribution in [2.45, 2.75) is 99.3 Å². The van der Waals surface area contributed by atoms with Crippen molar-refractivity contribution in [1.82, 2.24) is 0 Å². The Balaban J connectivity index is 1.56. The SMILES string of the molecule is C[C@@H]1CCC2CC[C@]3(C)C(=CCC4[C@@]5(C)CCC(=O)[C@H](C)C5CC[C@]43C)C2[C@H]1C. The van der Waals surface area contributed by atoms with Crippen LogP contribution in [0.25, 0.3) is 0 Å². The van der Waals surface area contributed by atoms with E-state index in [0.717, 1.165) is 42.4 Å². The van der Waals surface area contributed by atoms with Gasteiger partial charge in [-0.05, 0) is 96.7 Å². The Kier molecular flexibility index (Phi) is 4.53. The van der Waals surface area contributed by atoms with Gasteiger partial charge in [0.2, 0.25) is 0 Å². The van der Waals surface area contributed by atoms with Crippen molar-refractivity contribution in [3.8, 4) is 0 Å². The zero-order chi connectivity index (χ0) is 20.8. The van der Waals surface area contributed by atoms with E-state index in [9.17, 15) is 4.79 Å². The summed E-state index contributed by atoms with van der Waals surface area (Å²) in [6.45, 7) is 15.3. The molecule has 0 saturated heterocycles. The molecule has 162 valence electrons. The van der Waals surface area contributed by atoms with Gasteiger partial charge in [0.05, 0.1) is 0 Å². The highest BCUT2D eigenvalue weighted by atomic mass is 16.1. The Morgan fingerprint density at radius 2 is 1.69 bits per heavy atom. The van der Waals surface area contributed by atoms with Crippen LogP contribution in [0.2, 0.25) is 0 Å². The minimum Gasteiger partial charge on any atom is -0.299 e. The summed E-state index contributed by atoms with van der Waals surface area (Å²) < 4.78 is 0. The Morgan fingerprint density at radius 3 is 2.45 bits per heavy atom. The minimum atomic E-state index is 0.284. The van der Waals surface area contributed by atoms with Crippen molar-refractivity contribution in [3.05, 3.63) is 11.6 Å². The van der Waals surface area contributed by atoms with E-state index in [1.165, 1.54) is 44.9 Å². The van der Waals surface area contributed by atoms with Crippen LogP contribution in [0, 0.1) is 57.7 Å². The van der Waals surface area contributed by atoms with Crippen LogP contribution in [0.15, 0.2) is 11.6 Å². The van der Waals surface area contributed by atoms with E-state index in [2.05, 4.69) is 47.6 Å². The fraction of sp³-hybridized carbons (Fsp3) is 0.893. The Hall–Kier alpha value is -0.590. The molecule has 0 spiro atoms. The monoisotopic (exact) mass is 396 g/mol. The van der Waals surface area contributed by atoms with Crippen LogP contribution < -0.4 is 0 Å². The Morgan fingerprint density at radius 1 is 0.931 bits per heavy atom. The maximum atomic E-state index is 12.5. The number of hydrogen-bond acceptors (Lipinski definition) is 1. The first-order chi connectivity index (χ1) is 13.6. The van der Waals surface area contributed by atoms with Gasteiger partial charge in [-0.2, -0.15) is 0 Å². The molecule has 4 saturated carbocycles. The maximum Gasteiger partial charge on any atom is 0.136 e. The molecule has 5 aliphatic carbocycles. The van der Waals surface area contributed by atoms with Gasteiger partial charge in [0, 0.05) is 12.3 Å². The molecule has 0 aromatic carbocycles. The number of fused-ring (bicyclic) bond motifs is 7. The molecule has 0 aromatic rings. The van der Waals surface area contributed by atoms with Gasteiger partial charge in [0.15, 0.2) is 0 Å².